The Kier molecular flexibility index (Phi) is 6.72. The van der Waals surface area contributed by atoms with Crippen LogP contribution in [0.25, 0.3) is 0 Å². The summed E-state index contributed by atoms with van der Waals surface area (Å²) in [4.78, 5) is 14.9. The second-order valence-corrected chi connectivity index (χ2v) is 15.4. The second kappa shape index (κ2) is 9.15. The molecule has 0 aliphatic carbocycles. The van der Waals surface area contributed by atoms with Crippen molar-refractivity contribution in [3.05, 3.63) is 65.7 Å². The average molecular weight is 490 g/mol. The molecule has 8 heteroatoms. The summed E-state index contributed by atoms with van der Waals surface area (Å²) in [6.45, 7) is 11.3. The van der Waals surface area contributed by atoms with Gasteiger partial charge in [-0.2, -0.15) is 0 Å². The Morgan fingerprint density at radius 2 is 1.50 bits per heavy atom. The van der Waals surface area contributed by atoms with E-state index in [2.05, 4.69) is 33.5 Å². The van der Waals surface area contributed by atoms with Crippen molar-refractivity contribution in [2.45, 2.75) is 58.3 Å². The zero-order chi connectivity index (χ0) is 24.7. The molecule has 5 nitrogen and oxygen atoms in total. The number of carbonyl (C=O) groups is 1. The van der Waals surface area contributed by atoms with Gasteiger partial charge in [-0.1, -0.05) is 26.0 Å². The van der Waals surface area contributed by atoms with Crippen molar-refractivity contribution in [2.75, 3.05) is 18.1 Å². The Morgan fingerprint density at radius 3 is 2.03 bits per heavy atom. The fraction of sp³-hybridized carbons (Fsp3) is 0.500. The van der Waals surface area contributed by atoms with E-state index in [1.807, 2.05) is 0 Å². The van der Waals surface area contributed by atoms with Crippen molar-refractivity contribution in [3.8, 4) is 0 Å². The van der Waals surface area contributed by atoms with Gasteiger partial charge in [-0.15, -0.1) is 0 Å². The Bertz CT molecular complexity index is 1010. The minimum atomic E-state index is -2.00. The highest BCUT2D eigenvalue weighted by Gasteiger charge is 2.52. The van der Waals surface area contributed by atoms with Gasteiger partial charge in [0.25, 0.3) is 0 Å². The van der Waals surface area contributed by atoms with Crippen LogP contribution in [0.5, 0.6) is 0 Å². The predicted octanol–water partition coefficient (Wildman–Crippen LogP) is 5.81. The highest BCUT2D eigenvalue weighted by Crippen LogP contribution is 2.44. The lowest BCUT2D eigenvalue weighted by molar-refractivity contribution is -0.312. The molecule has 0 unspecified atom stereocenters. The van der Waals surface area contributed by atoms with Crippen LogP contribution in [0.3, 0.4) is 0 Å². The van der Waals surface area contributed by atoms with Gasteiger partial charge < -0.3 is 13.9 Å². The van der Waals surface area contributed by atoms with Gasteiger partial charge in [0, 0.05) is 23.1 Å². The van der Waals surface area contributed by atoms with Gasteiger partial charge in [-0.05, 0) is 62.5 Å². The molecule has 34 heavy (non-hydrogen) atoms. The minimum absolute atomic E-state index is 0.0692. The van der Waals surface area contributed by atoms with Crippen molar-refractivity contribution in [3.63, 3.8) is 0 Å². The number of ether oxygens (including phenoxy) is 2. The van der Waals surface area contributed by atoms with Crippen LogP contribution in [0.4, 0.5) is 14.5 Å². The number of anilines is 1. The normalized spacial score (nSPS) is 24.1. The number of β-lactam (4-membered cyclic amide) rings is 1. The van der Waals surface area contributed by atoms with Gasteiger partial charge in [0.1, 0.15) is 17.9 Å². The molecule has 0 N–H and O–H groups in total. The Hall–Kier alpha value is -2.13. The van der Waals surface area contributed by atoms with Crippen LogP contribution in [0.1, 0.15) is 32.3 Å². The zero-order valence-corrected chi connectivity index (χ0v) is 21.4. The van der Waals surface area contributed by atoms with Crippen molar-refractivity contribution in [1.82, 2.24) is 0 Å². The zero-order valence-electron chi connectivity index (χ0n) is 20.4. The van der Waals surface area contributed by atoms with Crippen LogP contribution >= 0.6 is 0 Å². The Morgan fingerprint density at radius 1 is 0.971 bits per heavy atom. The van der Waals surface area contributed by atoms with Crippen molar-refractivity contribution in [1.29, 1.82) is 0 Å². The molecule has 184 valence electrons. The first-order valence-corrected chi connectivity index (χ1v) is 15.1. The fourth-order valence-electron chi connectivity index (χ4n) is 4.37. The van der Waals surface area contributed by atoms with E-state index in [9.17, 15) is 13.6 Å². The predicted molar refractivity (Wildman–Crippen MR) is 129 cm³/mol. The van der Waals surface area contributed by atoms with E-state index in [1.54, 1.807) is 29.2 Å². The molecule has 0 spiro atoms. The highest BCUT2D eigenvalue weighted by molar-refractivity contribution is 6.69. The summed E-state index contributed by atoms with van der Waals surface area (Å²) in [6.07, 6.45) is 0.465. The number of halogens is 2. The first-order chi connectivity index (χ1) is 15.9. The van der Waals surface area contributed by atoms with E-state index in [1.165, 1.54) is 24.3 Å². The number of carbonyl (C=O) groups excluding carboxylic acids is 1. The summed E-state index contributed by atoms with van der Waals surface area (Å²) in [6, 6.07) is 12.0. The summed E-state index contributed by atoms with van der Waals surface area (Å²) < 4.78 is 46.0. The SMILES string of the molecule is CC1(C)COC(CC[C@H]2C(=O)N(c3ccc(F)cc3)[C@H]2O[Si](C)(C)C)(c2ccc(F)cc2)OC1. The van der Waals surface area contributed by atoms with Crippen molar-refractivity contribution < 1.29 is 27.5 Å². The van der Waals surface area contributed by atoms with Crippen LogP contribution < -0.4 is 4.90 Å². The van der Waals surface area contributed by atoms with Crippen LogP contribution in [-0.2, 0) is 24.5 Å². The summed E-state index contributed by atoms with van der Waals surface area (Å²) in [7, 11) is -2.00. The highest BCUT2D eigenvalue weighted by atomic mass is 28.4. The first-order valence-electron chi connectivity index (χ1n) is 11.7. The van der Waals surface area contributed by atoms with Crippen molar-refractivity contribution >= 4 is 19.9 Å². The molecule has 0 radical (unpaired) electrons. The molecular formula is C26H33F2NO4Si. The lowest BCUT2D eigenvalue weighted by Crippen LogP contribution is -2.65. The van der Waals surface area contributed by atoms with Crippen LogP contribution in [0, 0.1) is 23.0 Å². The topological polar surface area (TPSA) is 48.0 Å². The number of nitrogens with zero attached hydrogens (tertiary/aromatic N) is 1. The largest absolute Gasteiger partial charge is 0.397 e. The minimum Gasteiger partial charge on any atom is -0.397 e. The molecule has 1 amide bonds. The van der Waals surface area contributed by atoms with Gasteiger partial charge in [-0.3, -0.25) is 9.69 Å². The molecule has 2 atom stereocenters. The van der Waals surface area contributed by atoms with Gasteiger partial charge >= 0.3 is 0 Å². The maximum atomic E-state index is 13.6. The summed E-state index contributed by atoms with van der Waals surface area (Å²) >= 11 is 0. The number of hydrogen-bond donors (Lipinski definition) is 0. The van der Waals surface area contributed by atoms with E-state index in [0.29, 0.717) is 31.7 Å². The quantitative estimate of drug-likeness (QED) is 0.364. The van der Waals surface area contributed by atoms with Crippen molar-refractivity contribution in [2.24, 2.45) is 11.3 Å². The number of benzene rings is 2. The average Bonchev–Trinajstić information content (AvgIpc) is 2.76. The fourth-order valence-corrected chi connectivity index (χ4v) is 5.37. The lowest BCUT2D eigenvalue weighted by Gasteiger charge is -2.50. The third-order valence-electron chi connectivity index (χ3n) is 6.19. The van der Waals surface area contributed by atoms with Gasteiger partial charge in [0.05, 0.1) is 19.1 Å². The van der Waals surface area contributed by atoms with Crippen LogP contribution in [0.2, 0.25) is 19.6 Å². The molecule has 2 fully saturated rings. The van der Waals surface area contributed by atoms with Gasteiger partial charge in [0.2, 0.25) is 5.91 Å². The monoisotopic (exact) mass is 489 g/mol. The molecule has 2 heterocycles. The molecule has 2 saturated heterocycles. The summed E-state index contributed by atoms with van der Waals surface area (Å²) in [5.41, 5.74) is 1.21. The smallest absolute Gasteiger partial charge is 0.236 e. The first kappa shape index (κ1) is 25.0. The third kappa shape index (κ3) is 5.25. The maximum absolute atomic E-state index is 13.6. The molecule has 2 aliphatic heterocycles. The van der Waals surface area contributed by atoms with E-state index < -0.39 is 20.3 Å². The Balaban J connectivity index is 1.56. The molecule has 4 rings (SSSR count). The lowest BCUT2D eigenvalue weighted by atomic mass is 9.85. The van der Waals surface area contributed by atoms with Crippen LogP contribution in [-0.4, -0.2) is 33.7 Å². The standard InChI is InChI=1S/C26H33F2NO4Si/c1-25(2)16-31-26(32-17-25,18-6-8-19(27)9-7-18)15-14-22-23(30)29(24(22)33-34(3,4)5)21-12-10-20(28)11-13-21/h6-13,22,24H,14-17H2,1-5H3/t22-,24-/m0/s1. The molecular weight excluding hydrogens is 456 g/mol. The van der Waals surface area contributed by atoms with E-state index in [4.69, 9.17) is 13.9 Å². The molecule has 0 aromatic heterocycles. The molecule has 0 bridgehead atoms. The van der Waals surface area contributed by atoms with E-state index in [-0.39, 0.29) is 28.9 Å². The molecule has 2 aromatic rings. The van der Waals surface area contributed by atoms with Crippen LogP contribution in [0.15, 0.2) is 48.5 Å². The number of hydrogen-bond acceptors (Lipinski definition) is 4. The molecule has 0 saturated carbocycles. The van der Waals surface area contributed by atoms with Gasteiger partial charge in [0.15, 0.2) is 14.1 Å². The summed E-state index contributed by atoms with van der Waals surface area (Å²) in [5.74, 6) is -2.19. The molecule has 2 aromatic carbocycles. The second-order valence-electron chi connectivity index (χ2n) is 11.0. The third-order valence-corrected chi connectivity index (χ3v) is 7.14. The summed E-state index contributed by atoms with van der Waals surface area (Å²) in [5, 5.41) is 0. The van der Waals surface area contributed by atoms with E-state index in [0.717, 1.165) is 5.56 Å². The number of rotatable bonds is 7. The number of amides is 1. The van der Waals surface area contributed by atoms with E-state index >= 15 is 0 Å². The maximum Gasteiger partial charge on any atom is 0.236 e. The Labute approximate surface area is 201 Å². The molecule has 2 aliphatic rings. The van der Waals surface area contributed by atoms with Gasteiger partial charge in [-0.25, -0.2) is 8.78 Å².